The van der Waals surface area contributed by atoms with Gasteiger partial charge in [-0.1, -0.05) is 0 Å². The van der Waals surface area contributed by atoms with E-state index in [1.54, 1.807) is 0 Å². The number of ether oxygens (including phenoxy) is 2. The lowest BCUT2D eigenvalue weighted by molar-refractivity contribution is -0.128. The molecule has 128 valence electrons. The van der Waals surface area contributed by atoms with E-state index < -0.39 is 21.3 Å². The Morgan fingerprint density at radius 2 is 2.39 bits per heavy atom. The van der Waals surface area contributed by atoms with E-state index in [0.29, 0.717) is 26.1 Å². The molecule has 0 N–H and O–H groups in total. The van der Waals surface area contributed by atoms with Crippen LogP contribution in [-0.4, -0.2) is 56.4 Å². The Hall–Kier alpha value is -1.25. The molecule has 8 heteroatoms. The summed E-state index contributed by atoms with van der Waals surface area (Å²) < 4.78 is 50.4. The molecular weight excluding hydrogens is 323 g/mol. The standard InChI is InChI=1S/C15H21FN2O4S/c1-23(19,20)18-8-5-13-15(10-18,6-3-9-21-13)11-22-14-12(16)4-2-7-17-14/h2,4,7,13H,3,5-6,8-11H2,1H3/t13-,15-/m1/s1. The first kappa shape index (κ1) is 16.6. The number of nitrogens with zero attached hydrogens (tertiary/aromatic N) is 2. The minimum atomic E-state index is -3.27. The van der Waals surface area contributed by atoms with Crippen LogP contribution in [0.4, 0.5) is 4.39 Å². The molecule has 2 aliphatic rings. The first-order valence-electron chi connectivity index (χ1n) is 7.71. The predicted octanol–water partition coefficient (Wildman–Crippen LogP) is 1.43. The number of piperidine rings is 1. The van der Waals surface area contributed by atoms with Crippen molar-refractivity contribution >= 4 is 10.0 Å². The highest BCUT2D eigenvalue weighted by atomic mass is 32.2. The zero-order valence-corrected chi connectivity index (χ0v) is 13.9. The molecule has 6 nitrogen and oxygen atoms in total. The number of rotatable bonds is 4. The van der Waals surface area contributed by atoms with E-state index in [9.17, 15) is 12.8 Å². The van der Waals surface area contributed by atoms with Crippen LogP contribution in [0.1, 0.15) is 19.3 Å². The SMILES string of the molecule is CS(=O)(=O)N1CC[C@H]2OCCC[C@]2(COc2ncccc2F)C1. The van der Waals surface area contributed by atoms with Crippen molar-refractivity contribution in [1.82, 2.24) is 9.29 Å². The summed E-state index contributed by atoms with van der Waals surface area (Å²) in [6.07, 6.45) is 4.86. The van der Waals surface area contributed by atoms with Gasteiger partial charge >= 0.3 is 0 Å². The fourth-order valence-corrected chi connectivity index (χ4v) is 4.36. The Bertz CT molecular complexity index is 669. The van der Waals surface area contributed by atoms with Gasteiger partial charge in [-0.05, 0) is 31.4 Å². The number of halogens is 1. The molecule has 0 saturated carbocycles. The second-order valence-electron chi connectivity index (χ2n) is 6.29. The van der Waals surface area contributed by atoms with Gasteiger partial charge in [0.15, 0.2) is 5.82 Å². The molecule has 23 heavy (non-hydrogen) atoms. The molecule has 1 aromatic rings. The summed E-state index contributed by atoms with van der Waals surface area (Å²) in [5, 5.41) is 0. The van der Waals surface area contributed by atoms with Gasteiger partial charge in [0.2, 0.25) is 15.9 Å². The summed E-state index contributed by atoms with van der Waals surface area (Å²) in [4.78, 5) is 3.89. The molecule has 2 fully saturated rings. The van der Waals surface area contributed by atoms with E-state index in [-0.39, 0.29) is 18.6 Å². The number of aromatic nitrogens is 1. The fraction of sp³-hybridized carbons (Fsp3) is 0.667. The third kappa shape index (κ3) is 3.49. The molecule has 0 unspecified atom stereocenters. The number of sulfonamides is 1. The molecule has 0 amide bonds. The zero-order chi connectivity index (χ0) is 16.5. The van der Waals surface area contributed by atoms with Gasteiger partial charge in [-0.25, -0.2) is 22.1 Å². The maximum Gasteiger partial charge on any atom is 0.250 e. The monoisotopic (exact) mass is 344 g/mol. The maximum absolute atomic E-state index is 13.7. The molecule has 0 radical (unpaired) electrons. The Balaban J connectivity index is 1.80. The minimum Gasteiger partial charge on any atom is -0.475 e. The third-order valence-electron chi connectivity index (χ3n) is 4.64. The van der Waals surface area contributed by atoms with Crippen LogP contribution in [0.3, 0.4) is 0 Å². The van der Waals surface area contributed by atoms with Gasteiger partial charge in [0, 0.05) is 31.3 Å². The van der Waals surface area contributed by atoms with Crippen molar-refractivity contribution < 1.29 is 22.3 Å². The number of fused-ring (bicyclic) bond motifs is 1. The van der Waals surface area contributed by atoms with Crippen LogP contribution in [0, 0.1) is 11.2 Å². The summed E-state index contributed by atoms with van der Waals surface area (Å²) in [7, 11) is -3.27. The average molecular weight is 344 g/mol. The number of hydrogen-bond acceptors (Lipinski definition) is 5. The van der Waals surface area contributed by atoms with Gasteiger partial charge < -0.3 is 9.47 Å². The topological polar surface area (TPSA) is 68.7 Å². The largest absolute Gasteiger partial charge is 0.475 e. The van der Waals surface area contributed by atoms with Gasteiger partial charge in [-0.15, -0.1) is 0 Å². The molecule has 1 aromatic heterocycles. The average Bonchev–Trinajstić information content (AvgIpc) is 2.53. The summed E-state index contributed by atoms with van der Waals surface area (Å²) in [5.41, 5.74) is -0.455. The van der Waals surface area contributed by atoms with E-state index in [1.807, 2.05) is 0 Å². The molecule has 0 aliphatic carbocycles. The molecular formula is C15H21FN2O4S. The molecule has 3 heterocycles. The van der Waals surface area contributed by atoms with E-state index in [2.05, 4.69) is 4.98 Å². The van der Waals surface area contributed by atoms with E-state index in [4.69, 9.17) is 9.47 Å². The predicted molar refractivity (Wildman–Crippen MR) is 82.1 cm³/mol. The molecule has 2 atom stereocenters. The van der Waals surface area contributed by atoms with Crippen molar-refractivity contribution in [3.8, 4) is 5.88 Å². The van der Waals surface area contributed by atoms with Crippen LogP contribution in [0.25, 0.3) is 0 Å². The normalized spacial score (nSPS) is 29.0. The van der Waals surface area contributed by atoms with Crippen LogP contribution in [0.2, 0.25) is 0 Å². The van der Waals surface area contributed by atoms with Gasteiger partial charge in [0.1, 0.15) is 0 Å². The van der Waals surface area contributed by atoms with Gasteiger partial charge in [-0.2, -0.15) is 0 Å². The van der Waals surface area contributed by atoms with Gasteiger partial charge in [0.05, 0.1) is 19.0 Å². The van der Waals surface area contributed by atoms with Crippen LogP contribution in [0.15, 0.2) is 18.3 Å². The van der Waals surface area contributed by atoms with Crippen molar-refractivity contribution in [2.45, 2.75) is 25.4 Å². The summed E-state index contributed by atoms with van der Waals surface area (Å²) >= 11 is 0. The lowest BCUT2D eigenvalue weighted by Crippen LogP contribution is -2.58. The van der Waals surface area contributed by atoms with E-state index in [1.165, 1.54) is 28.9 Å². The van der Waals surface area contributed by atoms with Crippen LogP contribution >= 0.6 is 0 Å². The highest BCUT2D eigenvalue weighted by Gasteiger charge is 2.48. The lowest BCUT2D eigenvalue weighted by atomic mass is 9.73. The highest BCUT2D eigenvalue weighted by Crippen LogP contribution is 2.41. The van der Waals surface area contributed by atoms with E-state index in [0.717, 1.165) is 12.8 Å². The van der Waals surface area contributed by atoms with Crippen LogP contribution < -0.4 is 4.74 Å². The Labute approximate surface area is 135 Å². The van der Waals surface area contributed by atoms with Gasteiger partial charge in [-0.3, -0.25) is 0 Å². The molecule has 2 aliphatic heterocycles. The second-order valence-corrected chi connectivity index (χ2v) is 8.27. The molecule has 0 aromatic carbocycles. The maximum atomic E-state index is 13.7. The van der Waals surface area contributed by atoms with Crippen LogP contribution in [0.5, 0.6) is 5.88 Å². The van der Waals surface area contributed by atoms with Crippen molar-refractivity contribution in [3.05, 3.63) is 24.1 Å². The van der Waals surface area contributed by atoms with Crippen molar-refractivity contribution in [2.75, 3.05) is 32.6 Å². The highest BCUT2D eigenvalue weighted by molar-refractivity contribution is 7.88. The smallest absolute Gasteiger partial charge is 0.250 e. The molecule has 0 bridgehead atoms. The van der Waals surface area contributed by atoms with Crippen molar-refractivity contribution in [3.63, 3.8) is 0 Å². The number of pyridine rings is 1. The quantitative estimate of drug-likeness (QED) is 0.826. The minimum absolute atomic E-state index is 0.0531. The lowest BCUT2D eigenvalue weighted by Gasteiger charge is -2.49. The van der Waals surface area contributed by atoms with Gasteiger partial charge in [0.25, 0.3) is 0 Å². The zero-order valence-electron chi connectivity index (χ0n) is 13.1. The molecule has 0 spiro atoms. The Morgan fingerprint density at radius 1 is 1.57 bits per heavy atom. The molecule has 3 rings (SSSR count). The first-order valence-corrected chi connectivity index (χ1v) is 9.56. The van der Waals surface area contributed by atoms with Crippen molar-refractivity contribution in [2.24, 2.45) is 5.41 Å². The number of hydrogen-bond donors (Lipinski definition) is 0. The fourth-order valence-electron chi connectivity index (χ4n) is 3.43. The molecule has 2 saturated heterocycles. The summed E-state index contributed by atoms with van der Waals surface area (Å²) in [5.74, 6) is -0.573. The first-order chi connectivity index (χ1) is 10.9. The van der Waals surface area contributed by atoms with Crippen LogP contribution in [-0.2, 0) is 14.8 Å². The Kier molecular flexibility index (Phi) is 4.57. The Morgan fingerprint density at radius 3 is 3.13 bits per heavy atom. The summed E-state index contributed by atoms with van der Waals surface area (Å²) in [6, 6.07) is 2.79. The van der Waals surface area contributed by atoms with E-state index >= 15 is 0 Å². The second kappa shape index (κ2) is 6.33. The van der Waals surface area contributed by atoms with Crippen molar-refractivity contribution in [1.29, 1.82) is 0 Å². The summed E-state index contributed by atoms with van der Waals surface area (Å²) in [6.45, 7) is 1.65. The third-order valence-corrected chi connectivity index (χ3v) is 5.89.